The van der Waals surface area contributed by atoms with Crippen molar-refractivity contribution in [2.75, 3.05) is 6.54 Å². The second-order valence-electron chi connectivity index (χ2n) is 6.07. The molecule has 5 nitrogen and oxygen atoms in total. The van der Waals surface area contributed by atoms with Gasteiger partial charge in [0.1, 0.15) is 8.96 Å². The van der Waals surface area contributed by atoms with Crippen LogP contribution in [0.4, 0.5) is 0 Å². The first kappa shape index (κ1) is 22.0. The number of aliphatic carboxylic acids is 1. The van der Waals surface area contributed by atoms with Crippen LogP contribution in [0.5, 0.6) is 0 Å². The van der Waals surface area contributed by atoms with Crippen molar-refractivity contribution in [3.05, 3.63) is 61.7 Å². The fourth-order valence-electron chi connectivity index (χ4n) is 2.71. The summed E-state index contributed by atoms with van der Waals surface area (Å²) in [6.45, 7) is 0.268. The second-order valence-corrected chi connectivity index (χ2v) is 8.97. The fraction of sp³-hybridized carbons (Fsp3) is 0.158. The van der Waals surface area contributed by atoms with Gasteiger partial charge in [-0.3, -0.25) is 14.5 Å². The molecule has 10 heteroatoms. The Morgan fingerprint density at radius 2 is 2.00 bits per heavy atom. The van der Waals surface area contributed by atoms with Crippen molar-refractivity contribution < 1.29 is 14.7 Å². The lowest BCUT2D eigenvalue weighted by molar-refractivity contribution is -0.137. The average Bonchev–Trinajstić information content (AvgIpc) is 2.91. The normalized spacial score (nSPS) is 15.4. The van der Waals surface area contributed by atoms with Crippen molar-refractivity contribution in [1.29, 1.82) is 0 Å². The lowest BCUT2D eigenvalue weighted by atomic mass is 10.2. The second kappa shape index (κ2) is 9.40. The first-order chi connectivity index (χ1) is 13.8. The number of hydrogen-bond donors (Lipinski definition) is 1. The van der Waals surface area contributed by atoms with Gasteiger partial charge in [0.25, 0.3) is 5.91 Å². The topological polar surface area (TPSA) is 62.5 Å². The Morgan fingerprint density at radius 3 is 2.69 bits per heavy atom. The molecule has 1 amide bonds. The number of carboxylic acids is 1. The number of carbonyl (C=O) groups excluding carboxylic acids is 1. The third kappa shape index (κ3) is 5.07. The first-order valence-electron chi connectivity index (χ1n) is 8.42. The van der Waals surface area contributed by atoms with Crippen LogP contribution in [0.25, 0.3) is 11.8 Å². The SMILES string of the molecule is O=C(O)CCCN1C(=O)/C(=C/c2cccn(-c3ccc(Cl)cc3Cl)c2=S)SC1=S. The van der Waals surface area contributed by atoms with Gasteiger partial charge in [-0.05, 0) is 36.8 Å². The van der Waals surface area contributed by atoms with Crippen molar-refractivity contribution in [2.24, 2.45) is 0 Å². The highest BCUT2D eigenvalue weighted by Gasteiger charge is 2.31. The molecule has 0 aliphatic carbocycles. The molecule has 1 aromatic carbocycles. The van der Waals surface area contributed by atoms with Gasteiger partial charge in [-0.2, -0.15) is 0 Å². The van der Waals surface area contributed by atoms with E-state index in [-0.39, 0.29) is 18.9 Å². The van der Waals surface area contributed by atoms with Crippen LogP contribution in [0.15, 0.2) is 41.4 Å². The average molecular weight is 485 g/mol. The van der Waals surface area contributed by atoms with Crippen molar-refractivity contribution in [3.8, 4) is 5.69 Å². The summed E-state index contributed by atoms with van der Waals surface area (Å²) in [6.07, 6.45) is 3.79. The zero-order valence-corrected chi connectivity index (χ0v) is 18.8. The van der Waals surface area contributed by atoms with Crippen LogP contribution in [-0.4, -0.2) is 37.3 Å². The molecule has 3 rings (SSSR count). The molecule has 0 bridgehead atoms. The van der Waals surface area contributed by atoms with E-state index in [9.17, 15) is 9.59 Å². The molecule has 1 aliphatic heterocycles. The van der Waals surface area contributed by atoms with Crippen LogP contribution in [0.3, 0.4) is 0 Å². The number of amides is 1. The predicted molar refractivity (Wildman–Crippen MR) is 123 cm³/mol. The van der Waals surface area contributed by atoms with Gasteiger partial charge in [-0.1, -0.05) is 65.5 Å². The highest BCUT2D eigenvalue weighted by molar-refractivity contribution is 8.26. The summed E-state index contributed by atoms with van der Waals surface area (Å²) >= 11 is 24.3. The fourth-order valence-corrected chi connectivity index (χ4v) is 4.79. The molecular weight excluding hydrogens is 471 g/mol. The van der Waals surface area contributed by atoms with Gasteiger partial charge >= 0.3 is 5.97 Å². The number of rotatable bonds is 6. The predicted octanol–water partition coefficient (Wildman–Crippen LogP) is 5.58. The van der Waals surface area contributed by atoms with E-state index in [0.717, 1.165) is 0 Å². The van der Waals surface area contributed by atoms with Gasteiger partial charge in [0.2, 0.25) is 0 Å². The number of thiocarbonyl (C=S) groups is 1. The highest BCUT2D eigenvalue weighted by atomic mass is 35.5. The van der Waals surface area contributed by atoms with Gasteiger partial charge in [0.15, 0.2) is 0 Å². The Bertz CT molecular complexity index is 1100. The number of pyridine rings is 1. The minimum atomic E-state index is -0.906. The summed E-state index contributed by atoms with van der Waals surface area (Å²) in [5.74, 6) is -1.16. The minimum absolute atomic E-state index is 0.0209. The largest absolute Gasteiger partial charge is 0.481 e. The summed E-state index contributed by atoms with van der Waals surface area (Å²) in [6, 6.07) is 8.74. The van der Waals surface area contributed by atoms with Crippen molar-refractivity contribution >= 4 is 81.7 Å². The van der Waals surface area contributed by atoms with E-state index in [1.807, 2.05) is 0 Å². The molecule has 0 radical (unpaired) electrons. The van der Waals surface area contributed by atoms with Gasteiger partial charge in [0, 0.05) is 29.7 Å². The van der Waals surface area contributed by atoms with Crippen LogP contribution in [-0.2, 0) is 9.59 Å². The summed E-state index contributed by atoms with van der Waals surface area (Å²) in [7, 11) is 0. The molecule has 29 heavy (non-hydrogen) atoms. The Balaban J connectivity index is 1.89. The monoisotopic (exact) mass is 484 g/mol. The van der Waals surface area contributed by atoms with Crippen LogP contribution >= 0.6 is 59.4 Å². The smallest absolute Gasteiger partial charge is 0.303 e. The molecule has 2 aromatic rings. The van der Waals surface area contributed by atoms with Gasteiger partial charge in [-0.25, -0.2) is 0 Å². The molecule has 2 heterocycles. The Hall–Kier alpha value is -1.71. The zero-order chi connectivity index (χ0) is 21.1. The number of halogens is 2. The van der Waals surface area contributed by atoms with Crippen LogP contribution in [0, 0.1) is 4.64 Å². The highest BCUT2D eigenvalue weighted by Crippen LogP contribution is 2.33. The summed E-state index contributed by atoms with van der Waals surface area (Å²) in [5.41, 5.74) is 1.34. The number of aromatic nitrogens is 1. The standard InChI is InChI=1S/C19H14Cl2N2O3S3/c20-12-5-6-14(13(21)10-12)22-7-1-3-11(18(22)27)9-15-17(26)23(19(28)29-15)8-2-4-16(24)25/h1,3,5-7,9-10H,2,4,8H2,(H,24,25)/b15-9-. The molecule has 1 fully saturated rings. The van der Waals surface area contributed by atoms with E-state index < -0.39 is 5.97 Å². The Kier molecular flexibility index (Phi) is 7.13. The number of carbonyl (C=O) groups is 2. The molecule has 1 aromatic heterocycles. The minimum Gasteiger partial charge on any atom is -0.481 e. The number of thioether (sulfide) groups is 1. The summed E-state index contributed by atoms with van der Waals surface area (Å²) < 4.78 is 2.63. The van der Waals surface area contributed by atoms with Crippen molar-refractivity contribution in [1.82, 2.24) is 9.47 Å². The molecule has 1 aliphatic rings. The molecule has 150 valence electrons. The third-order valence-electron chi connectivity index (χ3n) is 4.08. The molecule has 0 atom stereocenters. The maximum atomic E-state index is 12.7. The number of carboxylic acid groups (broad SMARTS) is 1. The Morgan fingerprint density at radius 1 is 1.24 bits per heavy atom. The van der Waals surface area contributed by atoms with Gasteiger partial charge < -0.3 is 9.67 Å². The molecule has 0 unspecified atom stereocenters. The maximum Gasteiger partial charge on any atom is 0.303 e. The van der Waals surface area contributed by atoms with E-state index in [0.29, 0.717) is 41.6 Å². The molecule has 0 spiro atoms. The van der Waals surface area contributed by atoms with Crippen molar-refractivity contribution in [2.45, 2.75) is 12.8 Å². The number of benzene rings is 1. The molecule has 0 saturated carbocycles. The Labute approximate surface area is 191 Å². The van der Waals surface area contributed by atoms with Gasteiger partial charge in [0.05, 0.1) is 15.6 Å². The van der Waals surface area contributed by atoms with E-state index in [1.165, 1.54) is 16.7 Å². The zero-order valence-electron chi connectivity index (χ0n) is 14.8. The van der Waals surface area contributed by atoms with E-state index >= 15 is 0 Å². The van der Waals surface area contributed by atoms with Crippen molar-refractivity contribution in [3.63, 3.8) is 0 Å². The molecular formula is C19H14Cl2N2O3S3. The molecule has 1 saturated heterocycles. The third-order valence-corrected chi connectivity index (χ3v) is 6.43. The number of hydrogen-bond acceptors (Lipinski definition) is 5. The van der Waals surface area contributed by atoms with E-state index in [1.54, 1.807) is 47.2 Å². The van der Waals surface area contributed by atoms with Crippen LogP contribution in [0.2, 0.25) is 10.0 Å². The lowest BCUT2D eigenvalue weighted by Crippen LogP contribution is -2.29. The van der Waals surface area contributed by atoms with E-state index in [4.69, 9.17) is 52.7 Å². The quantitative estimate of drug-likeness (QED) is 0.426. The van der Waals surface area contributed by atoms with Crippen LogP contribution in [0.1, 0.15) is 18.4 Å². The number of nitrogens with zero attached hydrogens (tertiary/aromatic N) is 2. The lowest BCUT2D eigenvalue weighted by Gasteiger charge is -2.13. The first-order valence-corrected chi connectivity index (χ1v) is 10.8. The van der Waals surface area contributed by atoms with Crippen LogP contribution < -0.4 is 0 Å². The summed E-state index contributed by atoms with van der Waals surface area (Å²) in [4.78, 5) is 25.2. The van der Waals surface area contributed by atoms with E-state index in [2.05, 4.69) is 0 Å². The molecule has 1 N–H and O–H groups in total. The summed E-state index contributed by atoms with van der Waals surface area (Å²) in [5, 5.41) is 9.74. The van der Waals surface area contributed by atoms with Gasteiger partial charge in [-0.15, -0.1) is 0 Å². The maximum absolute atomic E-state index is 12.7.